The maximum absolute atomic E-state index is 12.8. The lowest BCUT2D eigenvalue weighted by molar-refractivity contribution is -0.158. The number of hydrogen-bond donors (Lipinski definition) is 0. The predicted octanol–water partition coefficient (Wildman–Crippen LogP) is 4.51. The molecule has 0 aliphatic carbocycles. The van der Waals surface area contributed by atoms with Gasteiger partial charge in [-0.25, -0.2) is 0 Å². The summed E-state index contributed by atoms with van der Waals surface area (Å²) in [4.78, 5) is 8.79. The molecule has 1 aromatic rings. The van der Waals surface area contributed by atoms with Crippen LogP contribution in [0.3, 0.4) is 0 Å². The average molecular weight is 304 g/mol. The molecule has 1 heterocycles. The molecule has 0 fully saturated rings. The van der Waals surface area contributed by atoms with Crippen molar-refractivity contribution in [1.82, 2.24) is 0 Å². The van der Waals surface area contributed by atoms with Crippen molar-refractivity contribution in [3.63, 3.8) is 0 Å². The molecule has 0 spiro atoms. The summed E-state index contributed by atoms with van der Waals surface area (Å²) in [6.07, 6.45) is -1.20. The molecule has 116 valence electrons. The van der Waals surface area contributed by atoms with Gasteiger partial charge in [0.1, 0.15) is 5.75 Å². The third-order valence-electron chi connectivity index (χ3n) is 3.04. The average Bonchev–Trinajstić information content (AvgIpc) is 2.84. The van der Waals surface area contributed by atoms with Gasteiger partial charge in [-0.15, -0.1) is 0 Å². The molecule has 1 aliphatic heterocycles. The molecule has 0 N–H and O–H groups in total. The Morgan fingerprint density at radius 1 is 1.32 bits per heavy atom. The first-order valence-corrected chi connectivity index (χ1v) is 6.88. The predicted molar refractivity (Wildman–Crippen MR) is 85.9 cm³/mol. The van der Waals surface area contributed by atoms with Crippen LogP contribution in [0.15, 0.2) is 52.5 Å². The standard InChI is InChI=1S/C17H18F2N2O/c1-11-9-16(20-10-11)13(3)21-12(2)14-5-7-15(8-6-14)22-17(4,18)19/h5-9H,2,10H2,1,3-4H3. The molecule has 0 aromatic heterocycles. The number of ether oxygens (including phenoxy) is 1. The Hall–Kier alpha value is -2.30. The van der Waals surface area contributed by atoms with Crippen molar-refractivity contribution in [2.45, 2.75) is 26.9 Å². The second kappa shape index (κ2) is 6.22. The minimum Gasteiger partial charge on any atom is -0.433 e. The summed E-state index contributed by atoms with van der Waals surface area (Å²) in [5.74, 6) is 0.100. The van der Waals surface area contributed by atoms with Gasteiger partial charge in [-0.3, -0.25) is 9.98 Å². The third kappa shape index (κ3) is 4.35. The van der Waals surface area contributed by atoms with Crippen LogP contribution in [-0.4, -0.2) is 24.1 Å². The van der Waals surface area contributed by atoms with Crippen LogP contribution >= 0.6 is 0 Å². The molecule has 3 nitrogen and oxygen atoms in total. The summed E-state index contributed by atoms with van der Waals surface area (Å²) in [5.41, 5.74) is 4.11. The van der Waals surface area contributed by atoms with Crippen molar-refractivity contribution in [2.75, 3.05) is 6.54 Å². The summed E-state index contributed by atoms with van der Waals surface area (Å²) in [7, 11) is 0. The Balaban J connectivity index is 2.10. The number of aliphatic imine (C=N–C) groups is 2. The van der Waals surface area contributed by atoms with Crippen LogP contribution in [0.25, 0.3) is 5.70 Å². The fourth-order valence-corrected chi connectivity index (χ4v) is 2.00. The Labute approximate surface area is 128 Å². The van der Waals surface area contributed by atoms with Crippen molar-refractivity contribution in [2.24, 2.45) is 9.98 Å². The number of rotatable bonds is 5. The van der Waals surface area contributed by atoms with E-state index in [0.717, 1.165) is 17.0 Å². The van der Waals surface area contributed by atoms with Gasteiger partial charge in [0.25, 0.3) is 0 Å². The lowest BCUT2D eigenvalue weighted by Gasteiger charge is -2.13. The van der Waals surface area contributed by atoms with Crippen molar-refractivity contribution in [1.29, 1.82) is 0 Å². The fraction of sp³-hybridized carbons (Fsp3) is 0.294. The second-order valence-corrected chi connectivity index (χ2v) is 5.27. The van der Waals surface area contributed by atoms with Gasteiger partial charge in [0.05, 0.1) is 23.7 Å². The summed E-state index contributed by atoms with van der Waals surface area (Å²) < 4.78 is 30.0. The molecule has 0 bridgehead atoms. The molecule has 0 amide bonds. The summed E-state index contributed by atoms with van der Waals surface area (Å²) in [5, 5.41) is 0. The first-order chi connectivity index (χ1) is 10.2. The minimum atomic E-state index is -3.20. The number of alkyl halides is 2. The molecular weight excluding hydrogens is 286 g/mol. The summed E-state index contributed by atoms with van der Waals surface area (Å²) in [6.45, 7) is 9.19. The van der Waals surface area contributed by atoms with Crippen LogP contribution in [0, 0.1) is 0 Å². The van der Waals surface area contributed by atoms with Crippen LogP contribution in [0.2, 0.25) is 0 Å². The fourth-order valence-electron chi connectivity index (χ4n) is 2.00. The normalized spacial score (nSPS) is 15.4. The van der Waals surface area contributed by atoms with Gasteiger partial charge >= 0.3 is 6.11 Å². The molecule has 2 rings (SSSR count). The number of halogens is 2. The van der Waals surface area contributed by atoms with E-state index < -0.39 is 6.11 Å². The maximum atomic E-state index is 12.8. The molecule has 0 atom stereocenters. The van der Waals surface area contributed by atoms with E-state index in [1.54, 1.807) is 12.1 Å². The molecule has 0 saturated carbocycles. The van der Waals surface area contributed by atoms with Gasteiger partial charge in [-0.2, -0.15) is 8.78 Å². The summed E-state index contributed by atoms with van der Waals surface area (Å²) in [6, 6.07) is 6.25. The maximum Gasteiger partial charge on any atom is 0.394 e. The van der Waals surface area contributed by atoms with Gasteiger partial charge < -0.3 is 4.74 Å². The number of nitrogens with zero attached hydrogens (tertiary/aromatic N) is 2. The van der Waals surface area contributed by atoms with Crippen molar-refractivity contribution in [3.05, 3.63) is 48.1 Å². The zero-order chi connectivity index (χ0) is 16.3. The van der Waals surface area contributed by atoms with E-state index in [-0.39, 0.29) is 5.75 Å². The number of benzene rings is 1. The van der Waals surface area contributed by atoms with E-state index in [1.165, 1.54) is 17.7 Å². The van der Waals surface area contributed by atoms with Crippen LogP contribution in [0.5, 0.6) is 5.75 Å². The van der Waals surface area contributed by atoms with E-state index in [4.69, 9.17) is 0 Å². The Kier molecular flexibility index (Phi) is 4.54. The minimum absolute atomic E-state index is 0.100. The Morgan fingerprint density at radius 2 is 1.95 bits per heavy atom. The van der Waals surface area contributed by atoms with Gasteiger partial charge in [-0.05, 0) is 55.3 Å². The van der Waals surface area contributed by atoms with E-state index in [9.17, 15) is 8.78 Å². The first kappa shape index (κ1) is 16.1. The van der Waals surface area contributed by atoms with E-state index in [1.807, 2.05) is 19.9 Å². The SMILES string of the molecule is C=C(N=C(C)C1=NCC(C)=C1)c1ccc(OC(C)(F)F)cc1. The van der Waals surface area contributed by atoms with E-state index in [0.29, 0.717) is 19.2 Å². The topological polar surface area (TPSA) is 34.0 Å². The lowest BCUT2D eigenvalue weighted by Crippen LogP contribution is -2.18. The first-order valence-electron chi connectivity index (χ1n) is 6.88. The van der Waals surface area contributed by atoms with Crippen molar-refractivity contribution >= 4 is 17.1 Å². The Bertz CT molecular complexity index is 665. The molecule has 22 heavy (non-hydrogen) atoms. The summed E-state index contributed by atoms with van der Waals surface area (Å²) >= 11 is 0. The number of hydrogen-bond acceptors (Lipinski definition) is 3. The van der Waals surface area contributed by atoms with Crippen LogP contribution in [0.4, 0.5) is 8.78 Å². The molecule has 0 saturated heterocycles. The number of allylic oxidation sites excluding steroid dienone is 1. The van der Waals surface area contributed by atoms with Gasteiger partial charge in [-0.1, -0.05) is 6.58 Å². The molecular formula is C17H18F2N2O. The highest BCUT2D eigenvalue weighted by Gasteiger charge is 2.22. The van der Waals surface area contributed by atoms with Crippen LogP contribution in [-0.2, 0) is 0 Å². The Morgan fingerprint density at radius 3 is 2.45 bits per heavy atom. The van der Waals surface area contributed by atoms with E-state index in [2.05, 4.69) is 21.3 Å². The highest BCUT2D eigenvalue weighted by molar-refractivity contribution is 6.47. The molecule has 0 unspecified atom stereocenters. The third-order valence-corrected chi connectivity index (χ3v) is 3.04. The van der Waals surface area contributed by atoms with Crippen molar-refractivity contribution < 1.29 is 13.5 Å². The highest BCUT2D eigenvalue weighted by atomic mass is 19.3. The van der Waals surface area contributed by atoms with E-state index >= 15 is 0 Å². The monoisotopic (exact) mass is 304 g/mol. The second-order valence-electron chi connectivity index (χ2n) is 5.27. The molecule has 1 aliphatic rings. The van der Waals surface area contributed by atoms with Crippen LogP contribution in [0.1, 0.15) is 26.3 Å². The zero-order valence-corrected chi connectivity index (χ0v) is 12.9. The van der Waals surface area contributed by atoms with Gasteiger partial charge in [0.15, 0.2) is 0 Å². The zero-order valence-electron chi connectivity index (χ0n) is 12.9. The van der Waals surface area contributed by atoms with Crippen LogP contribution < -0.4 is 4.74 Å². The van der Waals surface area contributed by atoms with Gasteiger partial charge in [0.2, 0.25) is 0 Å². The molecule has 0 radical (unpaired) electrons. The molecule has 1 aromatic carbocycles. The molecule has 5 heteroatoms. The smallest absolute Gasteiger partial charge is 0.394 e. The lowest BCUT2D eigenvalue weighted by atomic mass is 10.1. The van der Waals surface area contributed by atoms with Crippen molar-refractivity contribution in [3.8, 4) is 5.75 Å². The quantitative estimate of drug-likeness (QED) is 0.737. The van der Waals surface area contributed by atoms with Gasteiger partial charge in [0, 0.05) is 6.92 Å². The largest absolute Gasteiger partial charge is 0.433 e. The highest BCUT2D eigenvalue weighted by Crippen LogP contribution is 2.23.